The quantitative estimate of drug-likeness (QED) is 0.240. The van der Waals surface area contributed by atoms with E-state index in [4.69, 9.17) is 0 Å². The minimum Gasteiger partial charge on any atom is -0.357 e. The molecule has 0 spiro atoms. The minimum atomic E-state index is -3.71. The second-order valence-corrected chi connectivity index (χ2v) is 14.1. The van der Waals surface area contributed by atoms with Gasteiger partial charge in [0.15, 0.2) is 0 Å². The fourth-order valence-electron chi connectivity index (χ4n) is 4.86. The van der Waals surface area contributed by atoms with Crippen molar-refractivity contribution in [3.63, 3.8) is 0 Å². The number of benzene rings is 3. The first-order chi connectivity index (χ1) is 18.9. The average Bonchev–Trinajstić information content (AvgIpc) is 2.91. The van der Waals surface area contributed by atoms with Crippen molar-refractivity contribution in [1.82, 2.24) is 10.6 Å². The van der Waals surface area contributed by atoms with Crippen LogP contribution in [0, 0.1) is 18.3 Å². The van der Waals surface area contributed by atoms with Gasteiger partial charge in [-0.25, -0.2) is 0 Å². The predicted octanol–water partition coefficient (Wildman–Crippen LogP) is 5.88. The van der Waals surface area contributed by atoms with Gasteiger partial charge >= 0.3 is 0 Å². The van der Waals surface area contributed by atoms with Gasteiger partial charge in [-0.15, -0.1) is 0 Å². The lowest BCUT2D eigenvalue weighted by Crippen LogP contribution is -2.54. The van der Waals surface area contributed by atoms with Gasteiger partial charge in [-0.3, -0.25) is 14.2 Å². The van der Waals surface area contributed by atoms with Crippen molar-refractivity contribution in [2.24, 2.45) is 11.3 Å². The second-order valence-electron chi connectivity index (χ2n) is 11.7. The lowest BCUT2D eigenvalue weighted by molar-refractivity contribution is -0.133. The molecule has 0 aromatic heterocycles. The number of nitrogens with one attached hydrogen (secondary N) is 2. The molecule has 0 aliphatic heterocycles. The van der Waals surface area contributed by atoms with Crippen LogP contribution in [0.25, 0.3) is 0 Å². The summed E-state index contributed by atoms with van der Waals surface area (Å²) in [6, 6.07) is 25.1. The van der Waals surface area contributed by atoms with Crippen molar-refractivity contribution in [2.45, 2.75) is 59.2 Å². The summed E-state index contributed by atoms with van der Waals surface area (Å²) in [6.45, 7) is 7.73. The standard InChI is InChI=1S/C33H43N2O4P/c1-24-11-9-10-14-28(24)21-26-15-17-27(18-16-26)22-40(38,39)23-29(20-19-25-12-7-6-8-13-25)31(36)35-30(32(37)34-5)33(2,3)4/h6-18,29-30H,19-23H2,1-5H3,(H,34,37)(H,35,36)(H,38,39)/t29?,30-/m1/s1. The Labute approximate surface area is 239 Å². The topological polar surface area (TPSA) is 95.5 Å². The van der Waals surface area contributed by atoms with E-state index < -0.39 is 24.7 Å². The van der Waals surface area contributed by atoms with Crippen LogP contribution in [-0.2, 0) is 33.2 Å². The molecule has 0 bridgehead atoms. The Bertz CT molecular complexity index is 1320. The van der Waals surface area contributed by atoms with Gasteiger partial charge in [0.05, 0.1) is 0 Å². The van der Waals surface area contributed by atoms with Crippen LogP contribution in [0.2, 0.25) is 0 Å². The van der Waals surface area contributed by atoms with Crippen molar-refractivity contribution < 1.29 is 19.0 Å². The Morgan fingerprint density at radius 3 is 2.05 bits per heavy atom. The number of amides is 2. The molecular weight excluding hydrogens is 519 g/mol. The van der Waals surface area contributed by atoms with E-state index in [-0.39, 0.29) is 24.1 Å². The zero-order valence-electron chi connectivity index (χ0n) is 24.3. The molecule has 7 heteroatoms. The smallest absolute Gasteiger partial charge is 0.242 e. The van der Waals surface area contributed by atoms with Crippen LogP contribution in [0.1, 0.15) is 55.0 Å². The molecule has 0 fully saturated rings. The van der Waals surface area contributed by atoms with E-state index in [1.807, 2.05) is 87.5 Å². The van der Waals surface area contributed by atoms with Gasteiger partial charge in [-0.05, 0) is 59.4 Å². The molecular formula is C33H43N2O4P. The first-order valence-electron chi connectivity index (χ1n) is 13.9. The van der Waals surface area contributed by atoms with E-state index in [0.29, 0.717) is 12.8 Å². The maximum absolute atomic E-state index is 13.5. The molecule has 214 valence electrons. The van der Waals surface area contributed by atoms with Gasteiger partial charge in [-0.1, -0.05) is 99.6 Å². The zero-order valence-corrected chi connectivity index (χ0v) is 25.2. The van der Waals surface area contributed by atoms with Gasteiger partial charge < -0.3 is 15.5 Å². The number of carbonyl (C=O) groups is 2. The SMILES string of the molecule is CNC(=O)[C@@H](NC(=O)C(CCc1ccccc1)CP(=O)(O)Cc1ccc(Cc2ccccc2C)cc1)C(C)(C)C. The number of hydrogen-bond donors (Lipinski definition) is 3. The zero-order chi connectivity index (χ0) is 29.3. The first kappa shape index (κ1) is 31.3. The highest BCUT2D eigenvalue weighted by atomic mass is 31.2. The van der Waals surface area contributed by atoms with E-state index in [1.165, 1.54) is 18.2 Å². The molecule has 3 N–H and O–H groups in total. The largest absolute Gasteiger partial charge is 0.357 e. The van der Waals surface area contributed by atoms with Crippen LogP contribution < -0.4 is 10.6 Å². The summed E-state index contributed by atoms with van der Waals surface area (Å²) >= 11 is 0. The fourth-order valence-corrected chi connectivity index (χ4v) is 6.80. The summed E-state index contributed by atoms with van der Waals surface area (Å²) in [5.41, 5.74) is 4.91. The monoisotopic (exact) mass is 562 g/mol. The molecule has 6 nitrogen and oxygen atoms in total. The number of rotatable bonds is 12. The summed E-state index contributed by atoms with van der Waals surface area (Å²) in [7, 11) is -2.18. The number of aryl methyl sites for hydroxylation is 2. The highest BCUT2D eigenvalue weighted by Gasteiger charge is 2.36. The maximum Gasteiger partial charge on any atom is 0.242 e. The van der Waals surface area contributed by atoms with Crippen LogP contribution >= 0.6 is 7.37 Å². The molecule has 3 aromatic rings. The number of likely N-dealkylation sites (N-methyl/N-ethyl adjacent to an activating group) is 1. The molecule has 0 saturated heterocycles. The summed E-state index contributed by atoms with van der Waals surface area (Å²) in [6.07, 6.45) is 1.63. The normalized spacial score (nSPS) is 14.6. The lowest BCUT2D eigenvalue weighted by atomic mass is 9.85. The van der Waals surface area contributed by atoms with Crippen molar-refractivity contribution in [3.8, 4) is 0 Å². The van der Waals surface area contributed by atoms with E-state index in [0.717, 1.165) is 23.1 Å². The molecule has 40 heavy (non-hydrogen) atoms. The Morgan fingerprint density at radius 2 is 1.45 bits per heavy atom. The summed E-state index contributed by atoms with van der Waals surface area (Å²) in [4.78, 5) is 37.1. The molecule has 3 rings (SSSR count). The van der Waals surface area contributed by atoms with Crippen molar-refractivity contribution in [1.29, 1.82) is 0 Å². The molecule has 0 aliphatic rings. The average molecular weight is 563 g/mol. The van der Waals surface area contributed by atoms with Gasteiger partial charge in [0.25, 0.3) is 0 Å². The molecule has 2 amide bonds. The molecule has 2 unspecified atom stereocenters. The summed E-state index contributed by atoms with van der Waals surface area (Å²) in [5, 5.41) is 5.50. The molecule has 0 saturated carbocycles. The molecule has 3 atom stereocenters. The summed E-state index contributed by atoms with van der Waals surface area (Å²) < 4.78 is 13.5. The Morgan fingerprint density at radius 1 is 0.850 bits per heavy atom. The molecule has 0 radical (unpaired) electrons. The molecule has 0 aliphatic carbocycles. The van der Waals surface area contributed by atoms with Crippen molar-refractivity contribution in [3.05, 3.63) is 107 Å². The first-order valence-corrected chi connectivity index (χ1v) is 15.9. The maximum atomic E-state index is 13.5. The summed E-state index contributed by atoms with van der Waals surface area (Å²) in [5.74, 6) is -1.38. The van der Waals surface area contributed by atoms with E-state index in [9.17, 15) is 19.0 Å². The Balaban J connectivity index is 1.74. The van der Waals surface area contributed by atoms with Crippen LogP contribution in [0.3, 0.4) is 0 Å². The Hall–Kier alpha value is -3.21. The third-order valence-electron chi connectivity index (χ3n) is 7.27. The van der Waals surface area contributed by atoms with E-state index in [1.54, 1.807) is 0 Å². The Kier molecular flexibility index (Phi) is 10.9. The molecule has 0 heterocycles. The lowest BCUT2D eigenvalue weighted by Gasteiger charge is -2.31. The van der Waals surface area contributed by atoms with Crippen LogP contribution in [0.4, 0.5) is 0 Å². The van der Waals surface area contributed by atoms with Crippen molar-refractivity contribution >= 4 is 19.2 Å². The minimum absolute atomic E-state index is 0.00902. The molecule has 3 aromatic carbocycles. The fraction of sp³-hybridized carbons (Fsp3) is 0.394. The van der Waals surface area contributed by atoms with E-state index >= 15 is 0 Å². The van der Waals surface area contributed by atoms with Gasteiger partial charge in [-0.2, -0.15) is 0 Å². The van der Waals surface area contributed by atoms with Gasteiger partial charge in [0, 0.05) is 25.3 Å². The number of carbonyl (C=O) groups excluding carboxylic acids is 2. The van der Waals surface area contributed by atoms with Crippen LogP contribution in [-0.4, -0.2) is 36.0 Å². The van der Waals surface area contributed by atoms with Crippen LogP contribution in [0.5, 0.6) is 0 Å². The third kappa shape index (κ3) is 9.46. The van der Waals surface area contributed by atoms with Crippen molar-refractivity contribution in [2.75, 3.05) is 13.2 Å². The van der Waals surface area contributed by atoms with Crippen LogP contribution in [0.15, 0.2) is 78.9 Å². The van der Waals surface area contributed by atoms with Gasteiger partial charge in [0.2, 0.25) is 19.2 Å². The predicted molar refractivity (Wildman–Crippen MR) is 163 cm³/mol. The van der Waals surface area contributed by atoms with Gasteiger partial charge in [0.1, 0.15) is 6.04 Å². The van der Waals surface area contributed by atoms with E-state index in [2.05, 4.69) is 29.7 Å². The highest BCUT2D eigenvalue weighted by Crippen LogP contribution is 2.47. The second kappa shape index (κ2) is 13.9. The number of hydrogen-bond acceptors (Lipinski definition) is 3. The third-order valence-corrected chi connectivity index (χ3v) is 9.14. The highest BCUT2D eigenvalue weighted by molar-refractivity contribution is 7.57.